The molecule has 1 heterocycles. The Bertz CT molecular complexity index is 417. The van der Waals surface area contributed by atoms with Crippen molar-refractivity contribution in [3.63, 3.8) is 0 Å². The van der Waals surface area contributed by atoms with E-state index in [9.17, 15) is 0 Å². The van der Waals surface area contributed by atoms with Gasteiger partial charge in [-0.25, -0.2) is 0 Å². The lowest BCUT2D eigenvalue weighted by Gasteiger charge is -2.22. The van der Waals surface area contributed by atoms with Crippen LogP contribution in [-0.4, -0.2) is 39.2 Å². The molecule has 1 aliphatic rings. The van der Waals surface area contributed by atoms with E-state index in [0.717, 1.165) is 15.9 Å². The highest BCUT2D eigenvalue weighted by Gasteiger charge is 2.19. The van der Waals surface area contributed by atoms with Crippen LogP contribution in [-0.2, 0) is 0 Å². The van der Waals surface area contributed by atoms with Crippen LogP contribution in [0.4, 0.5) is 5.69 Å². The Morgan fingerprint density at radius 3 is 2.10 bits per heavy atom. The first-order valence-corrected chi connectivity index (χ1v) is 6.35. The van der Waals surface area contributed by atoms with Gasteiger partial charge in [-0.1, -0.05) is 19.1 Å². The molecule has 1 aromatic rings. The molecule has 0 amide bonds. The van der Waals surface area contributed by atoms with Crippen molar-refractivity contribution in [1.29, 1.82) is 0 Å². The van der Waals surface area contributed by atoms with Crippen LogP contribution >= 0.6 is 0 Å². The molecular formula is C15H25I2N2O-. The summed E-state index contributed by atoms with van der Waals surface area (Å²) in [5, 5.41) is 0. The second-order valence-electron chi connectivity index (χ2n) is 5.54. The van der Waals surface area contributed by atoms with E-state index in [0.29, 0.717) is 5.88 Å². The Kier molecular flexibility index (Phi) is 10.9. The molecule has 116 valence electrons. The van der Waals surface area contributed by atoms with Crippen molar-refractivity contribution in [2.24, 2.45) is 0 Å². The van der Waals surface area contributed by atoms with E-state index in [1.807, 2.05) is 36.2 Å². The predicted octanol–water partition coefficient (Wildman–Crippen LogP) is -2.90. The van der Waals surface area contributed by atoms with Crippen LogP contribution in [0.3, 0.4) is 0 Å². The van der Waals surface area contributed by atoms with Crippen molar-refractivity contribution in [1.82, 2.24) is 0 Å². The van der Waals surface area contributed by atoms with Crippen LogP contribution in [0.1, 0.15) is 13.3 Å². The fourth-order valence-corrected chi connectivity index (χ4v) is 1.82. The van der Waals surface area contributed by atoms with Crippen LogP contribution in [0.15, 0.2) is 36.7 Å². The summed E-state index contributed by atoms with van der Waals surface area (Å²) in [6.45, 7) is 7.24. The molecule has 0 saturated heterocycles. The van der Waals surface area contributed by atoms with Crippen LogP contribution in [0.25, 0.3) is 0 Å². The van der Waals surface area contributed by atoms with Gasteiger partial charge in [0, 0.05) is 7.05 Å². The van der Waals surface area contributed by atoms with E-state index in [1.165, 1.54) is 13.0 Å². The van der Waals surface area contributed by atoms with E-state index >= 15 is 0 Å². The molecule has 0 spiro atoms. The van der Waals surface area contributed by atoms with Gasteiger partial charge in [0.2, 0.25) is 0 Å². The molecule has 0 saturated carbocycles. The lowest BCUT2D eigenvalue weighted by Crippen LogP contribution is -3.00. The molecule has 0 N–H and O–H groups in total. The van der Waals surface area contributed by atoms with Gasteiger partial charge in [0.1, 0.15) is 0 Å². The zero-order valence-electron chi connectivity index (χ0n) is 13.0. The molecule has 0 bridgehead atoms. The number of anilines is 1. The second kappa shape index (κ2) is 9.83. The Morgan fingerprint density at radius 2 is 1.70 bits per heavy atom. The number of hydrogen-bond acceptors (Lipinski definition) is 2. The van der Waals surface area contributed by atoms with Gasteiger partial charge < -0.3 is 62.1 Å². The van der Waals surface area contributed by atoms with Gasteiger partial charge in [0.05, 0.1) is 33.4 Å². The summed E-state index contributed by atoms with van der Waals surface area (Å²) in [6.07, 6.45) is 1.28. The molecule has 0 unspecified atom stereocenters. The van der Waals surface area contributed by atoms with Crippen LogP contribution in [0.2, 0.25) is 0 Å². The Hall–Kier alpha value is -0.0200. The molecule has 5 heteroatoms. The zero-order chi connectivity index (χ0) is 13.8. The molecule has 0 radical (unpaired) electrons. The van der Waals surface area contributed by atoms with E-state index < -0.39 is 0 Å². The molecule has 0 fully saturated rings. The summed E-state index contributed by atoms with van der Waals surface area (Å²) >= 11 is 0. The van der Waals surface area contributed by atoms with Gasteiger partial charge in [0.25, 0.3) is 0 Å². The number of fused-ring (bicyclic) bond motifs is 1. The van der Waals surface area contributed by atoms with Gasteiger partial charge in [-0.05, 0) is 25.1 Å². The van der Waals surface area contributed by atoms with Crippen molar-refractivity contribution in [3.8, 4) is 5.75 Å². The van der Waals surface area contributed by atoms with Gasteiger partial charge in [-0.2, -0.15) is 0 Å². The number of para-hydroxylation sites is 2. The third-order valence-electron chi connectivity index (χ3n) is 2.72. The van der Waals surface area contributed by atoms with Crippen LogP contribution in [0.5, 0.6) is 5.75 Å². The number of halogens is 2. The number of ether oxygens (including phenoxy) is 1. The highest BCUT2D eigenvalue weighted by molar-refractivity contribution is 5.65. The van der Waals surface area contributed by atoms with Gasteiger partial charge in [-0.15, -0.1) is 0 Å². The minimum absolute atomic E-state index is 0. The normalized spacial score (nSPS) is 12.2. The average molecular weight is 503 g/mol. The maximum Gasteiger partial charge on any atom is 0.193 e. The Morgan fingerprint density at radius 1 is 1.15 bits per heavy atom. The van der Waals surface area contributed by atoms with Crippen LogP contribution in [0, 0.1) is 0 Å². The highest BCUT2D eigenvalue weighted by Crippen LogP contribution is 2.36. The molecule has 20 heavy (non-hydrogen) atoms. The van der Waals surface area contributed by atoms with Crippen molar-refractivity contribution >= 4 is 5.69 Å². The number of quaternary nitrogens is 1. The lowest BCUT2D eigenvalue weighted by atomic mass is 10.3. The second-order valence-corrected chi connectivity index (χ2v) is 5.54. The number of nitrogens with zero attached hydrogens (tertiary/aromatic N) is 2. The predicted molar refractivity (Wildman–Crippen MR) is 77.8 cm³/mol. The summed E-state index contributed by atoms with van der Waals surface area (Å²) in [6, 6.07) is 7.88. The summed E-state index contributed by atoms with van der Waals surface area (Å²) in [4.78, 5) is 1.93. The summed E-state index contributed by atoms with van der Waals surface area (Å²) < 4.78 is 6.44. The fraction of sp³-hybridized carbons (Fsp3) is 0.467. The average Bonchev–Trinajstić information content (AvgIpc) is 2.55. The molecule has 0 atom stereocenters. The largest absolute Gasteiger partial charge is 1.00 e. The molecular weight excluding hydrogens is 478 g/mol. The minimum atomic E-state index is 0. The molecule has 1 aromatic carbocycles. The van der Waals surface area contributed by atoms with E-state index in [1.54, 1.807) is 0 Å². The van der Waals surface area contributed by atoms with Crippen molar-refractivity contribution in [2.45, 2.75) is 13.3 Å². The van der Waals surface area contributed by atoms with Crippen LogP contribution < -0.4 is 57.6 Å². The van der Waals surface area contributed by atoms with E-state index in [4.69, 9.17) is 4.74 Å². The Labute approximate surface area is 157 Å². The minimum Gasteiger partial charge on any atom is -1.00 e. The lowest BCUT2D eigenvalue weighted by molar-refractivity contribution is -0.870. The molecule has 1 aliphatic heterocycles. The monoisotopic (exact) mass is 503 g/mol. The standard InChI is InChI=1S/C9H9NO.C6H16N.2HI/c1-7-10(2)8-5-3-4-6-9(8)11-7;1-5-6-7(2,3)4;;/h3-6H,1H2,2H3;5-6H2,1-4H3;2*1H/q;+1;;/p-2. The van der Waals surface area contributed by atoms with Gasteiger partial charge in [-0.3, -0.25) is 0 Å². The first-order chi connectivity index (χ1) is 8.35. The van der Waals surface area contributed by atoms with Gasteiger partial charge >= 0.3 is 0 Å². The maximum absolute atomic E-state index is 5.35. The summed E-state index contributed by atoms with van der Waals surface area (Å²) in [7, 11) is 8.57. The first kappa shape index (κ1) is 22.3. The van der Waals surface area contributed by atoms with E-state index in [-0.39, 0.29) is 48.0 Å². The van der Waals surface area contributed by atoms with E-state index in [2.05, 4.69) is 34.6 Å². The fourth-order valence-electron chi connectivity index (χ4n) is 1.82. The highest BCUT2D eigenvalue weighted by atomic mass is 127. The molecule has 0 aliphatic carbocycles. The van der Waals surface area contributed by atoms with Crippen molar-refractivity contribution in [2.75, 3.05) is 39.6 Å². The quantitative estimate of drug-likeness (QED) is 0.318. The summed E-state index contributed by atoms with van der Waals surface area (Å²) in [5.74, 6) is 1.58. The first-order valence-electron chi connectivity index (χ1n) is 6.35. The van der Waals surface area contributed by atoms with Gasteiger partial charge in [0.15, 0.2) is 11.6 Å². The summed E-state index contributed by atoms with van der Waals surface area (Å²) in [5.41, 5.74) is 1.08. The topological polar surface area (TPSA) is 12.5 Å². The van der Waals surface area contributed by atoms with Crippen molar-refractivity contribution in [3.05, 3.63) is 36.7 Å². The number of rotatable bonds is 2. The molecule has 0 aromatic heterocycles. The third-order valence-corrected chi connectivity index (χ3v) is 2.72. The van der Waals surface area contributed by atoms with Crippen molar-refractivity contribution < 1.29 is 57.2 Å². The third kappa shape index (κ3) is 7.12. The maximum atomic E-state index is 5.35. The zero-order valence-corrected chi connectivity index (χ0v) is 17.3. The smallest absolute Gasteiger partial charge is 0.193 e. The SMILES string of the molecule is C=C1Oc2ccccc2N1C.CCC[N+](C)(C)C.[I-].[I-]. The number of hydrogen-bond donors (Lipinski definition) is 0. The molecule has 3 nitrogen and oxygen atoms in total. The molecule has 2 rings (SSSR count). The number of benzene rings is 1. The Balaban J connectivity index is 0.